The molecule has 0 aromatic rings. The number of hydrazine groups is 2. The Kier molecular flexibility index (Phi) is 12.9. The van der Waals surface area contributed by atoms with Crippen LogP contribution < -0.4 is 11.0 Å². The maximum atomic E-state index is 3.17. The molecule has 0 unspecified atom stereocenters. The summed E-state index contributed by atoms with van der Waals surface area (Å²) < 4.78 is 0. The van der Waals surface area contributed by atoms with Crippen LogP contribution in [0.1, 0.15) is 124 Å². The summed E-state index contributed by atoms with van der Waals surface area (Å²) in [6.45, 7) is 6.91. The van der Waals surface area contributed by atoms with Crippen molar-refractivity contribution >= 4 is 0 Å². The summed E-state index contributed by atoms with van der Waals surface area (Å²) >= 11 is 0. The van der Waals surface area contributed by atoms with Gasteiger partial charge < -0.3 is 5.43 Å². The largest absolute Gasteiger partial charge is 0.310 e. The Morgan fingerprint density at radius 1 is 0.680 bits per heavy atom. The van der Waals surface area contributed by atoms with Gasteiger partial charge in [0.1, 0.15) is 0 Å². The van der Waals surface area contributed by atoms with E-state index in [1.165, 1.54) is 103 Å². The smallest absolute Gasteiger partial charge is 0.0519 e. The van der Waals surface area contributed by atoms with E-state index in [1.807, 2.05) is 6.20 Å². The first-order valence-corrected chi connectivity index (χ1v) is 11.1. The van der Waals surface area contributed by atoms with Crippen LogP contribution in [0.3, 0.4) is 0 Å². The SMILES string of the molecule is CCCCCCCCCCCCCCCCCC(C)(C)N1C=CNN1. The molecular weight excluding hydrogens is 306 g/mol. The molecule has 25 heavy (non-hydrogen) atoms. The Hall–Kier alpha value is -0.700. The van der Waals surface area contributed by atoms with Gasteiger partial charge in [-0.2, -0.15) is 0 Å². The fourth-order valence-electron chi connectivity index (χ4n) is 3.66. The second-order valence-corrected chi connectivity index (χ2v) is 8.45. The molecule has 0 spiro atoms. The molecule has 0 fully saturated rings. The second-order valence-electron chi connectivity index (χ2n) is 8.45. The molecule has 0 aromatic heterocycles. The van der Waals surface area contributed by atoms with Gasteiger partial charge in [-0.3, -0.25) is 5.01 Å². The maximum absolute atomic E-state index is 3.17. The van der Waals surface area contributed by atoms with Gasteiger partial charge in [0.15, 0.2) is 0 Å². The monoisotopic (exact) mass is 351 g/mol. The van der Waals surface area contributed by atoms with Crippen molar-refractivity contribution in [2.45, 2.75) is 129 Å². The van der Waals surface area contributed by atoms with Gasteiger partial charge in [-0.1, -0.05) is 103 Å². The van der Waals surface area contributed by atoms with Crippen LogP contribution in [0.25, 0.3) is 0 Å². The minimum atomic E-state index is 0.191. The molecule has 1 aliphatic rings. The Bertz CT molecular complexity index is 325. The van der Waals surface area contributed by atoms with Crippen molar-refractivity contribution < 1.29 is 0 Å². The second kappa shape index (κ2) is 14.5. The van der Waals surface area contributed by atoms with Crippen molar-refractivity contribution in [1.82, 2.24) is 16.0 Å². The molecule has 1 aliphatic heterocycles. The van der Waals surface area contributed by atoms with Crippen molar-refractivity contribution in [1.29, 1.82) is 0 Å². The van der Waals surface area contributed by atoms with Crippen LogP contribution in [0, 0.1) is 0 Å². The van der Waals surface area contributed by atoms with Crippen molar-refractivity contribution in [2.75, 3.05) is 0 Å². The summed E-state index contributed by atoms with van der Waals surface area (Å²) in [6, 6.07) is 0. The predicted molar refractivity (Wildman–Crippen MR) is 111 cm³/mol. The lowest BCUT2D eigenvalue weighted by molar-refractivity contribution is 0.109. The highest BCUT2D eigenvalue weighted by Gasteiger charge is 2.25. The number of hydrogen-bond donors (Lipinski definition) is 2. The van der Waals surface area contributed by atoms with Crippen molar-refractivity contribution in [3.8, 4) is 0 Å². The summed E-state index contributed by atoms with van der Waals surface area (Å²) in [4.78, 5) is 0. The van der Waals surface area contributed by atoms with Crippen molar-refractivity contribution in [3.63, 3.8) is 0 Å². The Balaban J connectivity index is 1.78. The topological polar surface area (TPSA) is 27.3 Å². The van der Waals surface area contributed by atoms with E-state index >= 15 is 0 Å². The van der Waals surface area contributed by atoms with Gasteiger partial charge in [-0.25, -0.2) is 0 Å². The van der Waals surface area contributed by atoms with Crippen LogP contribution in [-0.4, -0.2) is 10.5 Å². The average molecular weight is 352 g/mol. The molecule has 0 bridgehead atoms. The van der Waals surface area contributed by atoms with Crippen LogP contribution in [0.4, 0.5) is 0 Å². The molecule has 0 aliphatic carbocycles. The highest BCUT2D eigenvalue weighted by atomic mass is 15.7. The lowest BCUT2D eigenvalue weighted by atomic mass is 9.95. The number of nitrogens with zero attached hydrogens (tertiary/aromatic N) is 1. The maximum Gasteiger partial charge on any atom is 0.0519 e. The molecule has 0 radical (unpaired) electrons. The third-order valence-corrected chi connectivity index (χ3v) is 5.54. The average Bonchev–Trinajstić information content (AvgIpc) is 3.14. The fourth-order valence-corrected chi connectivity index (χ4v) is 3.66. The minimum Gasteiger partial charge on any atom is -0.310 e. The molecule has 0 atom stereocenters. The third kappa shape index (κ3) is 11.5. The van der Waals surface area contributed by atoms with Crippen LogP contribution in [0.5, 0.6) is 0 Å². The number of hydrogen-bond acceptors (Lipinski definition) is 3. The zero-order valence-electron chi connectivity index (χ0n) is 17.4. The first-order chi connectivity index (χ1) is 12.2. The van der Waals surface area contributed by atoms with E-state index in [1.54, 1.807) is 0 Å². The number of unbranched alkanes of at least 4 members (excludes halogenated alkanes) is 14. The van der Waals surface area contributed by atoms with Gasteiger partial charge in [0.25, 0.3) is 0 Å². The van der Waals surface area contributed by atoms with E-state index in [2.05, 4.69) is 42.9 Å². The molecule has 2 N–H and O–H groups in total. The molecule has 3 heteroatoms. The van der Waals surface area contributed by atoms with E-state index in [-0.39, 0.29) is 5.54 Å². The van der Waals surface area contributed by atoms with Gasteiger partial charge in [-0.05, 0) is 20.3 Å². The lowest BCUT2D eigenvalue weighted by Gasteiger charge is -2.34. The summed E-state index contributed by atoms with van der Waals surface area (Å²) in [6.07, 6.45) is 26.8. The first-order valence-electron chi connectivity index (χ1n) is 11.1. The molecular formula is C22H45N3. The van der Waals surface area contributed by atoms with E-state index in [9.17, 15) is 0 Å². The highest BCUT2D eigenvalue weighted by molar-refractivity contribution is 4.92. The summed E-state index contributed by atoms with van der Waals surface area (Å²) in [7, 11) is 0. The van der Waals surface area contributed by atoms with Crippen LogP contribution in [-0.2, 0) is 0 Å². The summed E-state index contributed by atoms with van der Waals surface area (Å²) in [5.74, 6) is 0. The number of nitrogens with one attached hydrogen (secondary N) is 2. The predicted octanol–water partition coefficient (Wildman–Crippen LogP) is 6.82. The minimum absolute atomic E-state index is 0.191. The molecule has 1 heterocycles. The molecule has 0 amide bonds. The van der Waals surface area contributed by atoms with Crippen molar-refractivity contribution in [2.24, 2.45) is 0 Å². The van der Waals surface area contributed by atoms with Gasteiger partial charge in [0, 0.05) is 12.4 Å². The van der Waals surface area contributed by atoms with Gasteiger partial charge in [0.2, 0.25) is 0 Å². The summed E-state index contributed by atoms with van der Waals surface area (Å²) in [5.41, 5.74) is 6.39. The van der Waals surface area contributed by atoms with E-state index in [4.69, 9.17) is 0 Å². The zero-order valence-corrected chi connectivity index (χ0v) is 17.4. The van der Waals surface area contributed by atoms with Gasteiger partial charge in [0.05, 0.1) is 5.54 Å². The Morgan fingerprint density at radius 3 is 1.52 bits per heavy atom. The van der Waals surface area contributed by atoms with Gasteiger partial charge in [-0.15, -0.1) is 5.53 Å². The van der Waals surface area contributed by atoms with E-state index < -0.39 is 0 Å². The normalized spacial score (nSPS) is 14.3. The fraction of sp³-hybridized carbons (Fsp3) is 0.909. The first kappa shape index (κ1) is 22.3. The van der Waals surface area contributed by atoms with Gasteiger partial charge >= 0.3 is 0 Å². The third-order valence-electron chi connectivity index (χ3n) is 5.54. The lowest BCUT2D eigenvalue weighted by Crippen LogP contribution is -2.49. The summed E-state index contributed by atoms with van der Waals surface area (Å²) in [5, 5.41) is 2.18. The standard InChI is InChI=1S/C22H45N3/c1-4-5-6-7-8-9-10-11-12-13-14-15-16-17-18-19-22(2,3)25-21-20-23-24-25/h20-21,23-24H,4-19H2,1-3H3. The molecule has 1 rings (SSSR count). The van der Waals surface area contributed by atoms with E-state index in [0.29, 0.717) is 0 Å². The Morgan fingerprint density at radius 2 is 1.12 bits per heavy atom. The quantitative estimate of drug-likeness (QED) is 0.281. The van der Waals surface area contributed by atoms with E-state index in [0.717, 1.165) is 0 Å². The highest BCUT2D eigenvalue weighted by Crippen LogP contribution is 2.22. The number of rotatable bonds is 17. The Labute approximate surface area is 158 Å². The van der Waals surface area contributed by atoms with Crippen LogP contribution in [0.15, 0.2) is 12.4 Å². The molecule has 148 valence electrons. The zero-order chi connectivity index (χ0) is 18.2. The van der Waals surface area contributed by atoms with Crippen molar-refractivity contribution in [3.05, 3.63) is 12.4 Å². The molecule has 0 aromatic carbocycles. The molecule has 0 saturated heterocycles. The molecule has 0 saturated carbocycles. The molecule has 3 nitrogen and oxygen atoms in total. The van der Waals surface area contributed by atoms with Crippen LogP contribution >= 0.6 is 0 Å². The van der Waals surface area contributed by atoms with Crippen LogP contribution in [0.2, 0.25) is 0 Å².